The van der Waals surface area contributed by atoms with Crippen LogP contribution in [0.1, 0.15) is 79.1 Å². The molecule has 6 heteroatoms. The fraction of sp³-hybridized carbons (Fsp3) is 0.818. The predicted octanol–water partition coefficient (Wildman–Crippen LogP) is 7.14. The first kappa shape index (κ1) is 26.0. The molecule has 160 valence electrons. The van der Waals surface area contributed by atoms with E-state index in [1.54, 1.807) is 22.8 Å². The molecule has 0 aromatic rings. The van der Waals surface area contributed by atoms with Crippen molar-refractivity contribution in [2.45, 2.75) is 118 Å². The Balaban J connectivity index is 3.90. The van der Waals surface area contributed by atoms with Crippen molar-refractivity contribution in [3.63, 3.8) is 0 Å². The van der Waals surface area contributed by atoms with Gasteiger partial charge < -0.3 is 9.13 Å². The summed E-state index contributed by atoms with van der Waals surface area (Å²) in [6.45, 7) is 24.9. The van der Waals surface area contributed by atoms with Gasteiger partial charge in [0.05, 0.1) is 18.1 Å². The van der Waals surface area contributed by atoms with E-state index in [4.69, 9.17) is 0 Å². The molecule has 0 saturated heterocycles. The second-order valence-corrected chi connectivity index (χ2v) is 27.5. The van der Waals surface area contributed by atoms with Crippen LogP contribution in [0.2, 0.25) is 39.3 Å². The summed E-state index contributed by atoms with van der Waals surface area (Å²) >= 11 is 0. The van der Waals surface area contributed by atoms with Crippen LogP contribution >= 0.6 is 0 Å². The van der Waals surface area contributed by atoms with E-state index in [9.17, 15) is 0 Å². The van der Waals surface area contributed by atoms with Crippen LogP contribution in [-0.4, -0.2) is 42.7 Å². The molecule has 0 spiro atoms. The highest BCUT2D eigenvalue weighted by atomic mass is 29.2. The topological polar surface area (TPSA) is 6.48 Å². The van der Waals surface area contributed by atoms with Gasteiger partial charge in [-0.1, -0.05) is 92.7 Å². The van der Waals surface area contributed by atoms with Crippen LogP contribution in [0.5, 0.6) is 0 Å². The van der Waals surface area contributed by atoms with Crippen molar-refractivity contribution < 1.29 is 0 Å². The van der Waals surface area contributed by atoms with Gasteiger partial charge in [-0.05, 0) is 25.7 Å². The van der Waals surface area contributed by atoms with E-state index in [1.165, 1.54) is 51.4 Å². The molecule has 1 rings (SSSR count). The molecule has 0 N–H and O–H groups in total. The Bertz CT molecular complexity index is 485. The highest BCUT2D eigenvalue weighted by Gasteiger charge is 2.43. The van der Waals surface area contributed by atoms with E-state index in [1.807, 2.05) is 0 Å². The van der Waals surface area contributed by atoms with Crippen molar-refractivity contribution in [3.8, 4) is 0 Å². The lowest BCUT2D eigenvalue weighted by Gasteiger charge is -2.54. The van der Waals surface area contributed by atoms with E-state index < -0.39 is 15.5 Å². The van der Waals surface area contributed by atoms with Crippen molar-refractivity contribution in [2.75, 3.05) is 0 Å². The third kappa shape index (κ3) is 5.55. The Morgan fingerprint density at radius 3 is 0.893 bits per heavy atom. The quantitative estimate of drug-likeness (QED) is 0.292. The lowest BCUT2D eigenvalue weighted by Crippen LogP contribution is -2.59. The monoisotopic (exact) mass is 450 g/mol. The minimum absolute atomic E-state index is 1.05. The molecule has 2 nitrogen and oxygen atoms in total. The molecular weight excluding hydrogens is 405 g/mol. The maximum absolute atomic E-state index is 2.98. The lowest BCUT2D eigenvalue weighted by molar-refractivity contribution is 0.425. The van der Waals surface area contributed by atoms with Gasteiger partial charge in [-0.3, -0.25) is 0 Å². The minimum atomic E-state index is -1.48. The van der Waals surface area contributed by atoms with Crippen LogP contribution in [0.15, 0.2) is 22.8 Å². The molecule has 0 fully saturated rings. The Morgan fingerprint density at radius 1 is 0.536 bits per heavy atom. The Labute approximate surface area is 183 Å². The van der Waals surface area contributed by atoms with Crippen LogP contribution < -0.4 is 0 Å². The van der Waals surface area contributed by atoms with Gasteiger partial charge >= 0.3 is 0 Å². The molecule has 28 heavy (non-hydrogen) atoms. The highest BCUT2D eigenvalue weighted by Crippen LogP contribution is 2.43. The average molecular weight is 451 g/mol. The summed E-state index contributed by atoms with van der Waals surface area (Å²) < 4.78 is 5.96. The van der Waals surface area contributed by atoms with E-state index in [2.05, 4.69) is 76.1 Å². The lowest BCUT2D eigenvalue weighted by atomic mass is 10.0. The van der Waals surface area contributed by atoms with Crippen LogP contribution in [0, 0.1) is 0 Å². The summed E-state index contributed by atoms with van der Waals surface area (Å²) in [5.41, 5.74) is 6.88. The first-order valence-corrected chi connectivity index (χ1v) is 22.5. The maximum atomic E-state index is 2.98. The molecule has 1 aliphatic rings. The van der Waals surface area contributed by atoms with E-state index >= 15 is 0 Å². The first-order chi connectivity index (χ1) is 13.2. The standard InChI is InChI=1S/C22H46N2Si4/c1-11-15-19-20(16-12-2)24(28(9,10)26-6)22(18-14-4)21(17-13-3)23(19)27(7,8)25-5/h11-18H2,1-10H3. The molecule has 1 heterocycles. The minimum Gasteiger partial charge on any atom is -0.376 e. The number of rotatable bonds is 12. The van der Waals surface area contributed by atoms with E-state index in [0.29, 0.717) is 0 Å². The molecule has 0 unspecified atom stereocenters. The normalized spacial score (nSPS) is 16.5. The van der Waals surface area contributed by atoms with Crippen LogP contribution in [0.3, 0.4) is 0 Å². The van der Waals surface area contributed by atoms with Gasteiger partial charge in [0.25, 0.3) is 0 Å². The maximum Gasteiger partial charge on any atom is 0.138 e. The van der Waals surface area contributed by atoms with Crippen molar-refractivity contribution >= 4 is 33.6 Å². The highest BCUT2D eigenvalue weighted by molar-refractivity contribution is 7.22. The molecule has 0 bridgehead atoms. The molecule has 0 amide bonds. The predicted molar refractivity (Wildman–Crippen MR) is 136 cm³/mol. The Kier molecular flexibility index (Phi) is 10.6. The van der Waals surface area contributed by atoms with Gasteiger partial charge in [0.2, 0.25) is 0 Å². The van der Waals surface area contributed by atoms with E-state index in [0.717, 1.165) is 18.1 Å². The summed E-state index contributed by atoms with van der Waals surface area (Å²) in [5.74, 6) is 0. The van der Waals surface area contributed by atoms with Crippen LogP contribution in [0.25, 0.3) is 0 Å². The third-order valence-electron chi connectivity index (χ3n) is 6.03. The van der Waals surface area contributed by atoms with Crippen molar-refractivity contribution in [1.82, 2.24) is 9.13 Å². The zero-order chi connectivity index (χ0) is 21.5. The number of hydrogen-bond donors (Lipinski definition) is 0. The summed E-state index contributed by atoms with van der Waals surface area (Å²) in [5, 5.41) is 0. The van der Waals surface area contributed by atoms with Crippen molar-refractivity contribution in [3.05, 3.63) is 22.8 Å². The second kappa shape index (κ2) is 11.4. The van der Waals surface area contributed by atoms with Gasteiger partial charge in [-0.2, -0.15) is 0 Å². The van der Waals surface area contributed by atoms with Crippen molar-refractivity contribution in [2.24, 2.45) is 0 Å². The van der Waals surface area contributed by atoms with Crippen LogP contribution in [-0.2, 0) is 0 Å². The number of hydrogen-bond acceptors (Lipinski definition) is 2. The van der Waals surface area contributed by atoms with Gasteiger partial charge in [0, 0.05) is 22.8 Å². The third-order valence-corrected chi connectivity index (χ3v) is 20.5. The SMILES string of the molecule is CCCC1=C(CCC)N([Si](C)(C)[Si]C)C(CCC)=C(CCC)N1[Si](C)(C)[Si]C. The van der Waals surface area contributed by atoms with Gasteiger partial charge in [-0.15, -0.1) is 0 Å². The van der Waals surface area contributed by atoms with Gasteiger partial charge in [-0.25, -0.2) is 0 Å². The number of allylic oxidation sites excluding steroid dienone is 4. The molecule has 0 aliphatic carbocycles. The summed E-state index contributed by atoms with van der Waals surface area (Å²) in [7, 11) is -0.863. The molecule has 0 atom stereocenters. The van der Waals surface area contributed by atoms with Gasteiger partial charge in [0.1, 0.15) is 15.5 Å². The molecule has 0 saturated carbocycles. The smallest absolute Gasteiger partial charge is 0.138 e. The first-order valence-electron chi connectivity index (χ1n) is 11.6. The summed E-state index contributed by atoms with van der Waals surface area (Å²) in [6.07, 6.45) is 10.00. The molecule has 0 aromatic heterocycles. The summed E-state index contributed by atoms with van der Waals surface area (Å²) in [6, 6.07) is 0. The van der Waals surface area contributed by atoms with Crippen LogP contribution in [0.4, 0.5) is 0 Å². The zero-order valence-electron chi connectivity index (χ0n) is 20.6. The zero-order valence-corrected chi connectivity index (χ0v) is 24.6. The fourth-order valence-corrected chi connectivity index (χ4v) is 11.5. The fourth-order valence-electron chi connectivity index (χ4n) is 4.39. The average Bonchev–Trinajstić information content (AvgIpc) is 2.65. The Hall–Kier alpha value is -0.0525. The largest absolute Gasteiger partial charge is 0.376 e. The molecular formula is C22H46N2Si4. The van der Waals surface area contributed by atoms with E-state index in [-0.39, 0.29) is 0 Å². The number of nitrogens with zero attached hydrogens (tertiary/aromatic N) is 2. The van der Waals surface area contributed by atoms with Crippen molar-refractivity contribution in [1.29, 1.82) is 0 Å². The molecule has 4 radical (unpaired) electrons. The molecule has 1 aliphatic heterocycles. The molecule has 0 aromatic carbocycles. The second-order valence-electron chi connectivity index (χ2n) is 9.08. The summed E-state index contributed by atoms with van der Waals surface area (Å²) in [4.78, 5) is 0. The Morgan fingerprint density at radius 2 is 0.750 bits per heavy atom. The van der Waals surface area contributed by atoms with Gasteiger partial charge in [0.15, 0.2) is 0 Å².